The summed E-state index contributed by atoms with van der Waals surface area (Å²) in [7, 11) is 0. The molecule has 3 heteroatoms. The molecule has 0 aliphatic carbocycles. The van der Waals surface area contributed by atoms with Crippen molar-refractivity contribution in [1.82, 2.24) is 4.98 Å². The van der Waals surface area contributed by atoms with E-state index in [1.165, 1.54) is 0 Å². The lowest BCUT2D eigenvalue weighted by atomic mass is 10.4. The van der Waals surface area contributed by atoms with E-state index in [0.29, 0.717) is 0 Å². The molecule has 0 atom stereocenters. The minimum absolute atomic E-state index is 0.819. The second-order valence-corrected chi connectivity index (χ2v) is 2.95. The maximum atomic E-state index is 5.67. The molecule has 0 amide bonds. The van der Waals surface area contributed by atoms with Crippen LogP contribution >= 0.6 is 11.3 Å². The van der Waals surface area contributed by atoms with Crippen molar-refractivity contribution in [2.75, 3.05) is 5.73 Å². The van der Waals surface area contributed by atoms with Crippen LogP contribution in [0, 0.1) is 0 Å². The first-order valence-electron chi connectivity index (χ1n) is 2.95. The van der Waals surface area contributed by atoms with Crippen molar-refractivity contribution in [3.8, 4) is 0 Å². The standard InChI is InChI=1S/C7H6N2S/c8-5-1-3-9-6-2-4-10-7(5)6/h1-4H,(H2,8,9). The molecule has 0 fully saturated rings. The van der Waals surface area contributed by atoms with Gasteiger partial charge in [-0.05, 0) is 17.5 Å². The van der Waals surface area contributed by atoms with Gasteiger partial charge in [-0.2, -0.15) is 0 Å². The van der Waals surface area contributed by atoms with Crippen LogP contribution in [0.2, 0.25) is 0 Å². The summed E-state index contributed by atoms with van der Waals surface area (Å²) in [6, 6.07) is 3.79. The molecule has 0 saturated carbocycles. The van der Waals surface area contributed by atoms with E-state index in [-0.39, 0.29) is 0 Å². The highest BCUT2D eigenvalue weighted by molar-refractivity contribution is 7.17. The maximum absolute atomic E-state index is 5.67. The van der Waals surface area contributed by atoms with E-state index in [2.05, 4.69) is 4.98 Å². The third-order valence-electron chi connectivity index (χ3n) is 1.37. The van der Waals surface area contributed by atoms with Crippen LogP contribution in [0.25, 0.3) is 10.2 Å². The highest BCUT2D eigenvalue weighted by atomic mass is 32.1. The summed E-state index contributed by atoms with van der Waals surface area (Å²) in [5.41, 5.74) is 7.48. The number of hydrogen-bond donors (Lipinski definition) is 1. The fraction of sp³-hybridized carbons (Fsp3) is 0. The molecule has 2 heterocycles. The zero-order chi connectivity index (χ0) is 6.97. The van der Waals surface area contributed by atoms with Gasteiger partial charge in [-0.1, -0.05) is 0 Å². The van der Waals surface area contributed by atoms with E-state index in [1.54, 1.807) is 17.5 Å². The first-order chi connectivity index (χ1) is 4.88. The zero-order valence-electron chi connectivity index (χ0n) is 5.24. The average molecular weight is 150 g/mol. The van der Waals surface area contributed by atoms with Gasteiger partial charge < -0.3 is 5.73 Å². The molecule has 0 radical (unpaired) electrons. The Hall–Kier alpha value is -1.09. The Kier molecular flexibility index (Phi) is 1.11. The number of hydrogen-bond acceptors (Lipinski definition) is 3. The predicted molar refractivity (Wildman–Crippen MR) is 44.0 cm³/mol. The van der Waals surface area contributed by atoms with Gasteiger partial charge in [0.2, 0.25) is 0 Å². The molecule has 0 saturated heterocycles. The molecular formula is C7H6N2S. The Morgan fingerprint density at radius 1 is 1.40 bits per heavy atom. The number of fused-ring (bicyclic) bond motifs is 1. The number of nitrogen functional groups attached to an aromatic ring is 1. The smallest absolute Gasteiger partial charge is 0.0830 e. The summed E-state index contributed by atoms with van der Waals surface area (Å²) in [6.07, 6.45) is 1.73. The van der Waals surface area contributed by atoms with Gasteiger partial charge in [-0.15, -0.1) is 11.3 Å². The quantitative estimate of drug-likeness (QED) is 0.622. The molecule has 2 N–H and O–H groups in total. The van der Waals surface area contributed by atoms with Crippen molar-refractivity contribution < 1.29 is 0 Å². The molecule has 0 unspecified atom stereocenters. The van der Waals surface area contributed by atoms with E-state index in [4.69, 9.17) is 5.73 Å². The monoisotopic (exact) mass is 150 g/mol. The van der Waals surface area contributed by atoms with Gasteiger partial charge in [0.15, 0.2) is 0 Å². The molecule has 0 bridgehead atoms. The Labute approximate surface area is 62.3 Å². The highest BCUT2D eigenvalue weighted by Crippen LogP contribution is 2.23. The molecule has 0 aliphatic heterocycles. The highest BCUT2D eigenvalue weighted by Gasteiger charge is 1.96. The van der Waals surface area contributed by atoms with E-state index >= 15 is 0 Å². The molecule has 2 aromatic rings. The first kappa shape index (κ1) is 5.68. The van der Waals surface area contributed by atoms with E-state index in [1.807, 2.05) is 17.5 Å². The minimum Gasteiger partial charge on any atom is -0.397 e. The van der Waals surface area contributed by atoms with Crippen LogP contribution in [-0.4, -0.2) is 4.98 Å². The number of anilines is 1. The first-order valence-corrected chi connectivity index (χ1v) is 3.83. The Morgan fingerprint density at radius 3 is 3.10 bits per heavy atom. The summed E-state index contributed by atoms with van der Waals surface area (Å²) in [4.78, 5) is 4.13. The molecule has 0 aromatic carbocycles. The maximum Gasteiger partial charge on any atom is 0.0830 e. The van der Waals surface area contributed by atoms with Gasteiger partial charge in [0.25, 0.3) is 0 Å². The van der Waals surface area contributed by atoms with Crippen molar-refractivity contribution in [3.63, 3.8) is 0 Å². The van der Waals surface area contributed by atoms with Gasteiger partial charge >= 0.3 is 0 Å². The van der Waals surface area contributed by atoms with Gasteiger partial charge in [0, 0.05) is 6.20 Å². The average Bonchev–Trinajstić information content (AvgIpc) is 2.36. The van der Waals surface area contributed by atoms with Crippen LogP contribution in [0.4, 0.5) is 5.69 Å². The van der Waals surface area contributed by atoms with Gasteiger partial charge in [-0.25, -0.2) is 0 Å². The van der Waals surface area contributed by atoms with Gasteiger partial charge in [0.1, 0.15) is 0 Å². The number of thiophene rings is 1. The topological polar surface area (TPSA) is 38.9 Å². The molecule has 10 heavy (non-hydrogen) atoms. The van der Waals surface area contributed by atoms with Crippen molar-refractivity contribution in [1.29, 1.82) is 0 Å². The molecule has 2 rings (SSSR count). The Balaban J connectivity index is 2.95. The molecule has 50 valence electrons. The number of rotatable bonds is 0. The zero-order valence-corrected chi connectivity index (χ0v) is 6.06. The van der Waals surface area contributed by atoms with Crippen molar-refractivity contribution in [2.24, 2.45) is 0 Å². The van der Waals surface area contributed by atoms with E-state index < -0.39 is 0 Å². The number of nitrogens with zero attached hydrogens (tertiary/aromatic N) is 1. The van der Waals surface area contributed by atoms with Crippen LogP contribution in [0.3, 0.4) is 0 Å². The van der Waals surface area contributed by atoms with Crippen LogP contribution in [0.15, 0.2) is 23.7 Å². The molecule has 2 aromatic heterocycles. The molecule has 2 nitrogen and oxygen atoms in total. The van der Waals surface area contributed by atoms with Crippen LogP contribution in [-0.2, 0) is 0 Å². The second-order valence-electron chi connectivity index (χ2n) is 2.04. The minimum atomic E-state index is 0.819. The summed E-state index contributed by atoms with van der Waals surface area (Å²) in [5.74, 6) is 0. The summed E-state index contributed by atoms with van der Waals surface area (Å²) in [6.45, 7) is 0. The van der Waals surface area contributed by atoms with Gasteiger partial charge in [0.05, 0.1) is 15.9 Å². The van der Waals surface area contributed by atoms with Crippen LogP contribution < -0.4 is 5.73 Å². The fourth-order valence-corrected chi connectivity index (χ4v) is 1.67. The fourth-order valence-electron chi connectivity index (χ4n) is 0.894. The Morgan fingerprint density at radius 2 is 2.30 bits per heavy atom. The predicted octanol–water partition coefficient (Wildman–Crippen LogP) is 1.88. The van der Waals surface area contributed by atoms with Crippen LogP contribution in [0.1, 0.15) is 0 Å². The summed E-state index contributed by atoms with van der Waals surface area (Å²) >= 11 is 1.63. The lowest BCUT2D eigenvalue weighted by molar-refractivity contribution is 1.43. The largest absolute Gasteiger partial charge is 0.397 e. The molecular weight excluding hydrogens is 144 g/mol. The number of nitrogens with two attached hydrogens (primary N) is 1. The lowest BCUT2D eigenvalue weighted by Crippen LogP contribution is -1.83. The van der Waals surface area contributed by atoms with E-state index in [9.17, 15) is 0 Å². The molecule has 0 spiro atoms. The summed E-state index contributed by atoms with van der Waals surface area (Å²) in [5, 5.41) is 1.99. The normalized spacial score (nSPS) is 10.4. The summed E-state index contributed by atoms with van der Waals surface area (Å²) < 4.78 is 1.09. The number of pyridine rings is 1. The van der Waals surface area contributed by atoms with Crippen molar-refractivity contribution in [2.45, 2.75) is 0 Å². The van der Waals surface area contributed by atoms with E-state index in [0.717, 1.165) is 15.9 Å². The third kappa shape index (κ3) is 0.675. The van der Waals surface area contributed by atoms with Crippen molar-refractivity contribution >= 4 is 27.2 Å². The Bertz CT molecular complexity index is 353. The lowest BCUT2D eigenvalue weighted by Gasteiger charge is -1.91. The number of aromatic nitrogens is 1. The van der Waals surface area contributed by atoms with Crippen LogP contribution in [0.5, 0.6) is 0 Å². The third-order valence-corrected chi connectivity index (χ3v) is 2.33. The van der Waals surface area contributed by atoms with Gasteiger partial charge in [-0.3, -0.25) is 4.98 Å². The second kappa shape index (κ2) is 1.95. The SMILES string of the molecule is Nc1ccnc2ccsc12. The van der Waals surface area contributed by atoms with Crippen molar-refractivity contribution in [3.05, 3.63) is 23.7 Å². The molecule has 0 aliphatic rings.